The number of pyridine rings is 1. The molecule has 0 spiro atoms. The number of hydrogen-bond donors (Lipinski definition) is 2. The molecule has 6 rings (SSSR count). The van der Waals surface area contributed by atoms with Crippen molar-refractivity contribution in [1.82, 2.24) is 9.88 Å². The number of ether oxygens (including phenoxy) is 1. The lowest BCUT2D eigenvalue weighted by Gasteiger charge is -2.42. The molecule has 13 heteroatoms. The molecule has 2 aromatic rings. The second kappa shape index (κ2) is 10.6. The number of nitrogens with two attached hydrogens (primary N) is 1. The summed E-state index contributed by atoms with van der Waals surface area (Å²) in [5.74, 6) is 5.38. The number of quaternary nitrogens is 1. The molecule has 0 bridgehead atoms. The molecule has 218 valence electrons. The fourth-order valence-electron chi connectivity index (χ4n) is 5.66. The van der Waals surface area contributed by atoms with Gasteiger partial charge in [0, 0.05) is 36.3 Å². The number of hydrogen-bond acceptors (Lipinski definition) is 7. The van der Waals surface area contributed by atoms with E-state index in [0.717, 1.165) is 37.2 Å². The number of alkyl halides is 2. The van der Waals surface area contributed by atoms with E-state index in [4.69, 9.17) is 15.6 Å². The van der Waals surface area contributed by atoms with Crippen LogP contribution in [0.15, 0.2) is 70.3 Å². The summed E-state index contributed by atoms with van der Waals surface area (Å²) < 4.78 is 46.5. The predicted octanol–water partition coefficient (Wildman–Crippen LogP) is 3.90. The molecule has 0 saturated carbocycles. The molecule has 0 aliphatic carbocycles. The van der Waals surface area contributed by atoms with Gasteiger partial charge in [0.05, 0.1) is 36.6 Å². The minimum Gasteiger partial charge on any atom is -0.379 e. The molecule has 0 radical (unpaired) electrons. The number of anilines is 1. The number of rotatable bonds is 6. The normalized spacial score (nSPS) is 24.4. The number of aliphatic imine (C=N–C) groups is 2. The first kappa shape index (κ1) is 27.9. The Morgan fingerprint density at radius 2 is 2.05 bits per heavy atom. The predicted molar refractivity (Wildman–Crippen MR) is 147 cm³/mol. The topological polar surface area (TPSA) is 122 Å². The zero-order valence-corrected chi connectivity index (χ0v) is 22.8. The van der Waals surface area contributed by atoms with E-state index in [1.54, 1.807) is 12.4 Å². The van der Waals surface area contributed by atoms with E-state index in [9.17, 15) is 18.4 Å². The molecule has 4 aliphatic rings. The van der Waals surface area contributed by atoms with Gasteiger partial charge < -0.3 is 15.0 Å². The van der Waals surface area contributed by atoms with Crippen molar-refractivity contribution in [3.63, 3.8) is 0 Å². The highest BCUT2D eigenvalue weighted by atomic mass is 19.3. The number of fused-ring (bicyclic) bond motifs is 1. The molecule has 2 saturated heterocycles. The van der Waals surface area contributed by atoms with Crippen molar-refractivity contribution < 1.29 is 32.1 Å². The van der Waals surface area contributed by atoms with Crippen LogP contribution in [0, 0.1) is 17.2 Å². The fraction of sp³-hybridized carbons (Fsp3) is 0.345. The first-order chi connectivity index (χ1) is 20.1. The second-order valence-electron chi connectivity index (χ2n) is 11.1. The minimum atomic E-state index is -2.73. The van der Waals surface area contributed by atoms with Gasteiger partial charge in [-0.25, -0.2) is 18.2 Å². The minimum absolute atomic E-state index is 0.0401. The van der Waals surface area contributed by atoms with E-state index < -0.39 is 28.2 Å². The maximum absolute atomic E-state index is 15.6. The Balaban J connectivity index is 1.26. The summed E-state index contributed by atoms with van der Waals surface area (Å²) in [6.07, 6.45) is 4.69. The summed E-state index contributed by atoms with van der Waals surface area (Å²) in [7, 11) is 0. The van der Waals surface area contributed by atoms with Gasteiger partial charge in [0.1, 0.15) is 23.5 Å². The highest BCUT2D eigenvalue weighted by molar-refractivity contribution is 6.05. The zero-order chi connectivity index (χ0) is 29.6. The Morgan fingerprint density at radius 1 is 1.24 bits per heavy atom. The Bertz CT molecular complexity index is 1580. The number of carbonyl (C=O) groups excluding carboxylic acids is 2. The average Bonchev–Trinajstić information content (AvgIpc) is 3.28. The lowest BCUT2D eigenvalue weighted by Crippen LogP contribution is -2.55. The van der Waals surface area contributed by atoms with Gasteiger partial charge in [-0.15, -0.1) is 4.59 Å². The van der Waals surface area contributed by atoms with Crippen molar-refractivity contribution in [3.05, 3.63) is 82.8 Å². The van der Waals surface area contributed by atoms with E-state index >= 15 is 4.39 Å². The second-order valence-corrected chi connectivity index (χ2v) is 11.1. The number of likely N-dealkylation sites (tertiary alicyclic amines) is 1. The zero-order valence-electron chi connectivity index (χ0n) is 22.8. The van der Waals surface area contributed by atoms with Gasteiger partial charge in [-0.2, -0.15) is 10.8 Å². The third kappa shape index (κ3) is 4.82. The van der Waals surface area contributed by atoms with Crippen molar-refractivity contribution >= 4 is 29.7 Å². The molecule has 1 unspecified atom stereocenters. The van der Waals surface area contributed by atoms with Gasteiger partial charge in [0.15, 0.2) is 0 Å². The molecule has 5 heterocycles. The molecule has 4 aliphatic heterocycles. The summed E-state index contributed by atoms with van der Waals surface area (Å²) in [5.41, 5.74) is 0.442. The Morgan fingerprint density at radius 3 is 2.76 bits per heavy atom. The van der Waals surface area contributed by atoms with Crippen LogP contribution in [0.3, 0.4) is 0 Å². The number of carbonyl (C=O) groups is 2. The fourth-order valence-corrected chi connectivity index (χ4v) is 5.66. The lowest BCUT2D eigenvalue weighted by molar-refractivity contribution is -0.750. The van der Waals surface area contributed by atoms with Crippen LogP contribution in [0.1, 0.15) is 47.7 Å². The number of aromatic nitrogens is 1. The Labute approximate surface area is 239 Å². The number of nitrogens with zero attached hydrogens (tertiary/aromatic N) is 5. The van der Waals surface area contributed by atoms with Crippen molar-refractivity contribution in [1.29, 1.82) is 0 Å². The van der Waals surface area contributed by atoms with Gasteiger partial charge in [0.2, 0.25) is 11.6 Å². The first-order valence-corrected chi connectivity index (χ1v) is 13.5. The molecule has 2 fully saturated rings. The highest BCUT2D eigenvalue weighted by Gasteiger charge is 2.49. The van der Waals surface area contributed by atoms with Crippen LogP contribution >= 0.6 is 0 Å². The van der Waals surface area contributed by atoms with E-state index in [1.165, 1.54) is 18.3 Å². The quantitative estimate of drug-likeness (QED) is 0.397. The number of amidine groups is 1. The summed E-state index contributed by atoms with van der Waals surface area (Å²) in [4.78, 5) is 40.8. The van der Waals surface area contributed by atoms with Crippen LogP contribution in [-0.4, -0.2) is 64.6 Å². The molecule has 42 heavy (non-hydrogen) atoms. The lowest BCUT2D eigenvalue weighted by atomic mass is 9.85. The molecule has 10 nitrogen and oxygen atoms in total. The maximum atomic E-state index is 15.6. The number of piperidine rings is 1. The summed E-state index contributed by atoms with van der Waals surface area (Å²) in [5, 5.41) is 2.42. The number of nitrogens with one attached hydrogen (secondary N) is 1. The Hall–Kier alpha value is -4.20. The standard InChI is InChI=1S/C29H28F3N7O3/c1-29(15-42-16-29)28(41)38-9-2-3-19(14-38)24-22-13-34-8-10-39(22,33)26(37-24)20-5-4-18(11-21(20)30)27(40)36-23-12-17(25(31)32)6-7-35-23/h4-8,10-13,19,25H,2-3,9,14-16,33H2,1H3/p+1/t19-,39?/m1/s1. The third-order valence-electron chi connectivity index (χ3n) is 8.03. The largest absolute Gasteiger partial charge is 0.379 e. The van der Waals surface area contributed by atoms with E-state index in [0.29, 0.717) is 37.7 Å². The van der Waals surface area contributed by atoms with Crippen LogP contribution in [0.5, 0.6) is 0 Å². The number of halogens is 3. The molecule has 2 amide bonds. The average molecular weight is 581 g/mol. The number of benzene rings is 1. The van der Waals surface area contributed by atoms with Crippen molar-refractivity contribution in [2.75, 3.05) is 31.6 Å². The monoisotopic (exact) mass is 580 g/mol. The van der Waals surface area contributed by atoms with Gasteiger partial charge in [0.25, 0.3) is 18.2 Å². The molecule has 1 aromatic heterocycles. The van der Waals surface area contributed by atoms with Crippen LogP contribution in [-0.2, 0) is 9.53 Å². The van der Waals surface area contributed by atoms with Crippen molar-refractivity contribution in [2.24, 2.45) is 27.2 Å². The summed E-state index contributed by atoms with van der Waals surface area (Å²) in [6, 6.07) is 6.06. The number of amides is 2. The van der Waals surface area contributed by atoms with E-state index in [2.05, 4.69) is 15.3 Å². The van der Waals surface area contributed by atoms with E-state index in [-0.39, 0.29) is 40.2 Å². The molecule has 3 N–H and O–H groups in total. The smallest absolute Gasteiger partial charge is 0.267 e. The highest BCUT2D eigenvalue weighted by Crippen LogP contribution is 2.39. The van der Waals surface area contributed by atoms with E-state index in [1.807, 2.05) is 11.8 Å². The summed E-state index contributed by atoms with van der Waals surface area (Å²) in [6.45, 7) is 3.79. The summed E-state index contributed by atoms with van der Waals surface area (Å²) >= 11 is 0. The van der Waals surface area contributed by atoms with Gasteiger partial charge in [-0.3, -0.25) is 14.6 Å². The molecule has 1 aromatic carbocycles. The molecular formula is C29H29F3N7O3+. The van der Waals surface area contributed by atoms with Crippen LogP contribution < -0.4 is 11.2 Å². The van der Waals surface area contributed by atoms with Crippen molar-refractivity contribution in [2.45, 2.75) is 26.2 Å². The molecule has 2 atom stereocenters. The van der Waals surface area contributed by atoms with Crippen LogP contribution in [0.4, 0.5) is 19.0 Å². The van der Waals surface area contributed by atoms with Gasteiger partial charge in [-0.1, -0.05) is 0 Å². The van der Waals surface area contributed by atoms with Gasteiger partial charge >= 0.3 is 0 Å². The SMILES string of the molecule is CC1(C(=O)N2CCC[C@@H](C3=C4C=NC=C[N+]4(N)C(c4ccc(C(=O)Nc5cc(C(F)F)ccn5)cc4F)=N3)C2)COC1. The number of allylic oxidation sites excluding steroid dienone is 1. The van der Waals surface area contributed by atoms with Crippen LogP contribution in [0.2, 0.25) is 0 Å². The Kier molecular flexibility index (Phi) is 7.03. The first-order valence-electron chi connectivity index (χ1n) is 13.5. The maximum Gasteiger partial charge on any atom is 0.267 e. The van der Waals surface area contributed by atoms with Crippen LogP contribution in [0.25, 0.3) is 0 Å². The molecular weight excluding hydrogens is 551 g/mol. The third-order valence-corrected chi connectivity index (χ3v) is 8.03. The van der Waals surface area contributed by atoms with Crippen molar-refractivity contribution in [3.8, 4) is 0 Å². The van der Waals surface area contributed by atoms with Gasteiger partial charge in [-0.05, 0) is 50.1 Å².